The number of aromatic nitrogens is 2. The van der Waals surface area contributed by atoms with Gasteiger partial charge in [0.25, 0.3) is 0 Å². The van der Waals surface area contributed by atoms with Crippen LogP contribution in [0, 0.1) is 5.92 Å². The van der Waals surface area contributed by atoms with E-state index in [1.165, 1.54) is 11.3 Å². The van der Waals surface area contributed by atoms with Crippen molar-refractivity contribution >= 4 is 11.3 Å². The minimum Gasteiger partial charge on any atom is -0.311 e. The minimum absolute atomic E-state index is 0.684. The van der Waals surface area contributed by atoms with Crippen LogP contribution in [0.15, 0.2) is 29.1 Å². The molecule has 2 rings (SSSR count). The summed E-state index contributed by atoms with van der Waals surface area (Å²) in [4.78, 5) is 0. The topological polar surface area (TPSA) is 29.9 Å². The Morgan fingerprint density at radius 1 is 1.41 bits per heavy atom. The van der Waals surface area contributed by atoms with Crippen molar-refractivity contribution < 1.29 is 0 Å². The fraction of sp³-hybridized carbons (Fsp3) is 0.462. The second-order valence-electron chi connectivity index (χ2n) is 4.64. The Labute approximate surface area is 106 Å². The molecule has 2 aromatic heterocycles. The number of thiophene rings is 1. The first-order chi connectivity index (χ1) is 8.25. The van der Waals surface area contributed by atoms with E-state index in [1.807, 2.05) is 6.20 Å². The maximum Gasteiger partial charge on any atom is 0.0671 e. The van der Waals surface area contributed by atoms with Crippen LogP contribution in [0.2, 0.25) is 0 Å². The lowest BCUT2D eigenvalue weighted by Crippen LogP contribution is -2.21. The summed E-state index contributed by atoms with van der Waals surface area (Å²) in [6.07, 6.45) is 1.87. The Balaban J connectivity index is 1.92. The summed E-state index contributed by atoms with van der Waals surface area (Å²) in [6, 6.07) is 4.23. The van der Waals surface area contributed by atoms with E-state index in [0.717, 1.165) is 19.6 Å². The minimum atomic E-state index is 0.684. The van der Waals surface area contributed by atoms with Crippen LogP contribution in [0.4, 0.5) is 0 Å². The van der Waals surface area contributed by atoms with E-state index >= 15 is 0 Å². The zero-order valence-electron chi connectivity index (χ0n) is 10.4. The van der Waals surface area contributed by atoms with Crippen molar-refractivity contribution in [1.82, 2.24) is 15.1 Å². The molecule has 0 radical (unpaired) electrons. The van der Waals surface area contributed by atoms with Crippen LogP contribution in [-0.2, 0) is 13.1 Å². The molecule has 2 heterocycles. The molecule has 1 N–H and O–H groups in total. The van der Waals surface area contributed by atoms with Crippen molar-refractivity contribution in [3.05, 3.63) is 40.3 Å². The molecular formula is C13H19N3S. The SMILES string of the molecule is CC(C)CNCc1ccnn1Cc1ccsc1. The Hall–Kier alpha value is -1.13. The highest BCUT2D eigenvalue weighted by Crippen LogP contribution is 2.09. The highest BCUT2D eigenvalue weighted by atomic mass is 32.1. The van der Waals surface area contributed by atoms with Crippen molar-refractivity contribution in [2.75, 3.05) is 6.54 Å². The molecule has 2 aromatic rings. The van der Waals surface area contributed by atoms with Gasteiger partial charge in [-0.05, 0) is 40.9 Å². The van der Waals surface area contributed by atoms with Crippen molar-refractivity contribution in [2.45, 2.75) is 26.9 Å². The molecule has 0 spiro atoms. The second kappa shape index (κ2) is 5.98. The number of hydrogen-bond acceptors (Lipinski definition) is 3. The number of hydrogen-bond donors (Lipinski definition) is 1. The molecular weight excluding hydrogens is 230 g/mol. The molecule has 0 saturated heterocycles. The molecule has 0 aliphatic rings. The van der Waals surface area contributed by atoms with Crippen LogP contribution in [0.5, 0.6) is 0 Å². The Kier molecular flexibility index (Phi) is 4.34. The van der Waals surface area contributed by atoms with Crippen molar-refractivity contribution in [3.8, 4) is 0 Å². The predicted octanol–water partition coefficient (Wildman–Crippen LogP) is 2.74. The van der Waals surface area contributed by atoms with Gasteiger partial charge in [0.2, 0.25) is 0 Å². The summed E-state index contributed by atoms with van der Waals surface area (Å²) >= 11 is 1.73. The first-order valence-corrected chi connectivity index (χ1v) is 6.92. The van der Waals surface area contributed by atoms with Crippen LogP contribution >= 0.6 is 11.3 Å². The molecule has 0 saturated carbocycles. The second-order valence-corrected chi connectivity index (χ2v) is 5.42. The van der Waals surface area contributed by atoms with Gasteiger partial charge in [-0.25, -0.2) is 0 Å². The largest absolute Gasteiger partial charge is 0.311 e. The third kappa shape index (κ3) is 3.68. The van der Waals surface area contributed by atoms with Gasteiger partial charge in [-0.15, -0.1) is 0 Å². The lowest BCUT2D eigenvalue weighted by Gasteiger charge is -2.09. The van der Waals surface area contributed by atoms with E-state index in [0.29, 0.717) is 5.92 Å². The zero-order valence-corrected chi connectivity index (χ0v) is 11.2. The van der Waals surface area contributed by atoms with Crippen LogP contribution < -0.4 is 5.32 Å². The third-order valence-corrected chi connectivity index (χ3v) is 3.31. The number of nitrogens with zero attached hydrogens (tertiary/aromatic N) is 2. The number of nitrogens with one attached hydrogen (secondary N) is 1. The van der Waals surface area contributed by atoms with E-state index < -0.39 is 0 Å². The maximum absolute atomic E-state index is 4.37. The van der Waals surface area contributed by atoms with Gasteiger partial charge in [-0.2, -0.15) is 16.4 Å². The van der Waals surface area contributed by atoms with Crippen molar-refractivity contribution in [2.24, 2.45) is 5.92 Å². The highest BCUT2D eigenvalue weighted by molar-refractivity contribution is 7.07. The Bertz CT molecular complexity index is 431. The van der Waals surface area contributed by atoms with Crippen LogP contribution in [0.25, 0.3) is 0 Å². The van der Waals surface area contributed by atoms with Crippen LogP contribution in [0.3, 0.4) is 0 Å². The predicted molar refractivity (Wildman–Crippen MR) is 72.2 cm³/mol. The van der Waals surface area contributed by atoms with E-state index in [-0.39, 0.29) is 0 Å². The Morgan fingerprint density at radius 2 is 2.29 bits per heavy atom. The van der Waals surface area contributed by atoms with Gasteiger partial charge in [0.15, 0.2) is 0 Å². The normalized spacial score (nSPS) is 11.2. The van der Waals surface area contributed by atoms with Gasteiger partial charge in [0.05, 0.1) is 12.2 Å². The summed E-state index contributed by atoms with van der Waals surface area (Å²) < 4.78 is 2.06. The highest BCUT2D eigenvalue weighted by Gasteiger charge is 2.03. The van der Waals surface area contributed by atoms with E-state index in [1.54, 1.807) is 11.3 Å². The lowest BCUT2D eigenvalue weighted by molar-refractivity contribution is 0.529. The van der Waals surface area contributed by atoms with Gasteiger partial charge < -0.3 is 5.32 Å². The van der Waals surface area contributed by atoms with Gasteiger partial charge >= 0.3 is 0 Å². The first-order valence-electron chi connectivity index (χ1n) is 5.98. The molecule has 0 fully saturated rings. The van der Waals surface area contributed by atoms with Crippen molar-refractivity contribution in [1.29, 1.82) is 0 Å². The lowest BCUT2D eigenvalue weighted by atomic mass is 10.2. The molecule has 0 atom stereocenters. The van der Waals surface area contributed by atoms with Gasteiger partial charge in [-0.1, -0.05) is 13.8 Å². The quantitative estimate of drug-likeness (QED) is 0.853. The molecule has 0 aliphatic heterocycles. The molecule has 0 aromatic carbocycles. The molecule has 0 amide bonds. The van der Waals surface area contributed by atoms with E-state index in [2.05, 4.69) is 51.8 Å². The smallest absolute Gasteiger partial charge is 0.0671 e. The van der Waals surface area contributed by atoms with Gasteiger partial charge in [0.1, 0.15) is 0 Å². The van der Waals surface area contributed by atoms with Gasteiger partial charge in [0, 0.05) is 12.7 Å². The Morgan fingerprint density at radius 3 is 3.00 bits per heavy atom. The molecule has 92 valence electrons. The monoisotopic (exact) mass is 249 g/mol. The molecule has 0 unspecified atom stereocenters. The van der Waals surface area contributed by atoms with Crippen LogP contribution in [0.1, 0.15) is 25.1 Å². The zero-order chi connectivity index (χ0) is 12.1. The number of rotatable bonds is 6. The molecule has 17 heavy (non-hydrogen) atoms. The summed E-state index contributed by atoms with van der Waals surface area (Å²) in [5, 5.41) is 12.1. The molecule has 4 heteroatoms. The van der Waals surface area contributed by atoms with E-state index in [9.17, 15) is 0 Å². The molecule has 0 aliphatic carbocycles. The summed E-state index contributed by atoms with van der Waals surface area (Å²) in [6.45, 7) is 7.24. The standard InChI is InChI=1S/C13H19N3S/c1-11(2)7-14-8-13-3-5-15-16(13)9-12-4-6-17-10-12/h3-6,10-11,14H,7-9H2,1-2H3. The fourth-order valence-corrected chi connectivity index (χ4v) is 2.36. The summed E-state index contributed by atoms with van der Waals surface area (Å²) in [5.41, 5.74) is 2.57. The molecule has 0 bridgehead atoms. The first kappa shape index (κ1) is 12.3. The molecule has 3 nitrogen and oxygen atoms in total. The fourth-order valence-electron chi connectivity index (χ4n) is 1.70. The van der Waals surface area contributed by atoms with Crippen molar-refractivity contribution in [3.63, 3.8) is 0 Å². The average Bonchev–Trinajstić information content (AvgIpc) is 2.91. The van der Waals surface area contributed by atoms with Gasteiger partial charge in [-0.3, -0.25) is 4.68 Å². The summed E-state index contributed by atoms with van der Waals surface area (Å²) in [7, 11) is 0. The van der Waals surface area contributed by atoms with Crippen LogP contribution in [-0.4, -0.2) is 16.3 Å². The summed E-state index contributed by atoms with van der Waals surface area (Å²) in [5.74, 6) is 0.684. The average molecular weight is 249 g/mol. The maximum atomic E-state index is 4.37. The van der Waals surface area contributed by atoms with E-state index in [4.69, 9.17) is 0 Å². The third-order valence-electron chi connectivity index (χ3n) is 2.58.